The van der Waals surface area contributed by atoms with Crippen molar-refractivity contribution in [1.29, 1.82) is 0 Å². The summed E-state index contributed by atoms with van der Waals surface area (Å²) in [5, 5.41) is 3.33. The first-order valence-electron chi connectivity index (χ1n) is 9.44. The van der Waals surface area contributed by atoms with Gasteiger partial charge in [-0.3, -0.25) is 9.89 Å². The Morgan fingerprint density at radius 2 is 2.04 bits per heavy atom. The second-order valence-electron chi connectivity index (χ2n) is 7.11. The molecule has 2 aliphatic heterocycles. The van der Waals surface area contributed by atoms with Crippen molar-refractivity contribution in [3.63, 3.8) is 0 Å². The van der Waals surface area contributed by atoms with Crippen LogP contribution in [0.2, 0.25) is 0 Å². The first-order chi connectivity index (χ1) is 12.2. The van der Waals surface area contributed by atoms with Crippen LogP contribution in [0, 0.1) is 5.92 Å². The zero-order chi connectivity index (χ0) is 17.6. The van der Waals surface area contributed by atoms with E-state index in [1.807, 2.05) is 0 Å². The number of hydrogen-bond donors (Lipinski definition) is 2. The van der Waals surface area contributed by atoms with Gasteiger partial charge in [-0.15, -0.1) is 24.0 Å². The molecule has 0 radical (unpaired) electrons. The Morgan fingerprint density at radius 1 is 1.27 bits per heavy atom. The van der Waals surface area contributed by atoms with Crippen molar-refractivity contribution in [2.45, 2.75) is 32.2 Å². The average Bonchev–Trinajstić information content (AvgIpc) is 3.27. The molecule has 0 aromatic heterocycles. The molecule has 146 valence electrons. The maximum atomic E-state index is 6.08. The molecule has 1 aromatic rings. The topological polar surface area (TPSA) is 56.9 Å². The van der Waals surface area contributed by atoms with Crippen LogP contribution < -0.4 is 16.0 Å². The quantitative estimate of drug-likeness (QED) is 0.333. The van der Waals surface area contributed by atoms with Crippen LogP contribution in [-0.4, -0.2) is 56.2 Å². The molecule has 2 saturated heterocycles. The lowest BCUT2D eigenvalue weighted by atomic mass is 10.1. The maximum Gasteiger partial charge on any atom is 0.188 e. The molecule has 2 atom stereocenters. The van der Waals surface area contributed by atoms with Crippen molar-refractivity contribution in [3.05, 3.63) is 28.7 Å². The second-order valence-corrected chi connectivity index (χ2v) is 8.02. The van der Waals surface area contributed by atoms with Crippen molar-refractivity contribution in [1.82, 2.24) is 10.2 Å². The highest BCUT2D eigenvalue weighted by molar-refractivity contribution is 14.0. The molecular weight excluding hydrogens is 505 g/mol. The monoisotopic (exact) mass is 535 g/mol. The summed E-state index contributed by atoms with van der Waals surface area (Å²) in [5.41, 5.74) is 7.37. The van der Waals surface area contributed by atoms with Gasteiger partial charge in [0.25, 0.3) is 0 Å². The predicted molar refractivity (Wildman–Crippen MR) is 125 cm³/mol. The van der Waals surface area contributed by atoms with Crippen LogP contribution in [0.25, 0.3) is 0 Å². The minimum atomic E-state index is 0. The fourth-order valence-corrected chi connectivity index (χ4v) is 4.18. The summed E-state index contributed by atoms with van der Waals surface area (Å²) in [6.07, 6.45) is 3.74. The van der Waals surface area contributed by atoms with Gasteiger partial charge in [-0.05, 0) is 62.5 Å². The maximum absolute atomic E-state index is 6.08. The van der Waals surface area contributed by atoms with Gasteiger partial charge in [0, 0.05) is 42.4 Å². The summed E-state index contributed by atoms with van der Waals surface area (Å²) >= 11 is 3.49. The number of benzene rings is 1. The van der Waals surface area contributed by atoms with Crippen molar-refractivity contribution in [2.24, 2.45) is 16.6 Å². The number of rotatable bonds is 6. The van der Waals surface area contributed by atoms with Gasteiger partial charge in [0.2, 0.25) is 0 Å². The van der Waals surface area contributed by atoms with Gasteiger partial charge in [0.1, 0.15) is 0 Å². The lowest BCUT2D eigenvalue weighted by Crippen LogP contribution is -2.42. The van der Waals surface area contributed by atoms with Crippen LogP contribution in [0.4, 0.5) is 5.69 Å². The van der Waals surface area contributed by atoms with Gasteiger partial charge >= 0.3 is 0 Å². The molecule has 2 aliphatic rings. The van der Waals surface area contributed by atoms with Gasteiger partial charge in [-0.25, -0.2) is 0 Å². The highest BCUT2D eigenvalue weighted by Crippen LogP contribution is 2.25. The number of nitrogens with one attached hydrogen (secondary N) is 1. The van der Waals surface area contributed by atoms with E-state index in [4.69, 9.17) is 5.73 Å². The Labute approximate surface area is 182 Å². The van der Waals surface area contributed by atoms with E-state index in [1.165, 1.54) is 31.5 Å². The zero-order valence-electron chi connectivity index (χ0n) is 15.5. The Hall–Kier alpha value is -0.540. The molecule has 1 aromatic carbocycles. The first kappa shape index (κ1) is 21.8. The van der Waals surface area contributed by atoms with Crippen LogP contribution in [0.15, 0.2) is 33.7 Å². The zero-order valence-corrected chi connectivity index (χ0v) is 19.4. The Kier molecular flexibility index (Phi) is 8.96. The van der Waals surface area contributed by atoms with Gasteiger partial charge in [0.15, 0.2) is 5.96 Å². The number of hydrogen-bond acceptors (Lipinski definition) is 3. The smallest absolute Gasteiger partial charge is 0.188 e. The highest BCUT2D eigenvalue weighted by Gasteiger charge is 2.24. The third kappa shape index (κ3) is 5.99. The van der Waals surface area contributed by atoms with E-state index in [0.29, 0.717) is 17.9 Å². The van der Waals surface area contributed by atoms with E-state index in [9.17, 15) is 0 Å². The molecule has 0 amide bonds. The molecule has 0 spiro atoms. The molecule has 0 saturated carbocycles. The Bertz CT molecular complexity index is 580. The normalized spacial score (nSPS) is 23.9. The molecule has 26 heavy (non-hydrogen) atoms. The van der Waals surface area contributed by atoms with E-state index in [1.54, 1.807) is 0 Å². The molecular formula is C19H31BrIN5. The number of nitrogens with two attached hydrogens (primary N) is 1. The summed E-state index contributed by atoms with van der Waals surface area (Å²) in [6.45, 7) is 8.46. The molecule has 7 heteroatoms. The van der Waals surface area contributed by atoms with E-state index in [0.717, 1.165) is 37.2 Å². The van der Waals surface area contributed by atoms with Crippen molar-refractivity contribution < 1.29 is 0 Å². The minimum Gasteiger partial charge on any atom is -0.371 e. The van der Waals surface area contributed by atoms with E-state index < -0.39 is 0 Å². The Balaban J connectivity index is 0.00000243. The van der Waals surface area contributed by atoms with Gasteiger partial charge in [0.05, 0.1) is 0 Å². The number of halogens is 2. The molecule has 0 bridgehead atoms. The lowest BCUT2D eigenvalue weighted by Gasteiger charge is -2.23. The second kappa shape index (κ2) is 10.7. The van der Waals surface area contributed by atoms with Gasteiger partial charge in [-0.2, -0.15) is 0 Å². The van der Waals surface area contributed by atoms with E-state index in [2.05, 4.69) is 67.2 Å². The van der Waals surface area contributed by atoms with Crippen molar-refractivity contribution in [3.8, 4) is 0 Å². The third-order valence-corrected chi connectivity index (χ3v) is 5.95. The number of aliphatic imine (C=N–C) groups is 1. The van der Waals surface area contributed by atoms with Crippen LogP contribution in [0.5, 0.6) is 0 Å². The van der Waals surface area contributed by atoms with Crippen LogP contribution in [0.3, 0.4) is 0 Å². The summed E-state index contributed by atoms with van der Waals surface area (Å²) < 4.78 is 1.12. The van der Waals surface area contributed by atoms with Crippen molar-refractivity contribution in [2.75, 3.05) is 44.2 Å². The van der Waals surface area contributed by atoms with Crippen LogP contribution >= 0.6 is 39.9 Å². The Morgan fingerprint density at radius 3 is 2.77 bits per heavy atom. The average molecular weight is 536 g/mol. The standard InChI is InChI=1S/C19H30BrN5.HI/c1-2-24-10-3-4-18(24)13-23-19(21)22-12-15-9-11-25(14-15)17-7-5-16(20)6-8-17;/h5-8,15,18H,2-4,9-14H2,1H3,(H3,21,22,23);1H. The first-order valence-corrected chi connectivity index (χ1v) is 10.2. The van der Waals surface area contributed by atoms with Gasteiger partial charge in [-0.1, -0.05) is 22.9 Å². The molecule has 5 nitrogen and oxygen atoms in total. The minimum absolute atomic E-state index is 0. The molecule has 3 N–H and O–H groups in total. The fourth-order valence-electron chi connectivity index (χ4n) is 3.92. The summed E-state index contributed by atoms with van der Waals surface area (Å²) in [5.74, 6) is 1.19. The molecule has 3 rings (SSSR count). The number of guanidine groups is 1. The molecule has 2 heterocycles. The molecule has 2 fully saturated rings. The van der Waals surface area contributed by atoms with Crippen LogP contribution in [-0.2, 0) is 0 Å². The summed E-state index contributed by atoms with van der Waals surface area (Å²) in [4.78, 5) is 9.55. The van der Waals surface area contributed by atoms with Crippen LogP contribution in [0.1, 0.15) is 26.2 Å². The number of likely N-dealkylation sites (tertiary alicyclic amines) is 1. The number of anilines is 1. The fraction of sp³-hybridized carbons (Fsp3) is 0.632. The third-order valence-electron chi connectivity index (χ3n) is 5.42. The van der Waals surface area contributed by atoms with E-state index in [-0.39, 0.29) is 24.0 Å². The van der Waals surface area contributed by atoms with Gasteiger partial charge < -0.3 is 16.0 Å². The number of likely N-dealkylation sites (N-methyl/N-ethyl adjacent to an activating group) is 1. The largest absolute Gasteiger partial charge is 0.371 e. The molecule has 0 aliphatic carbocycles. The number of nitrogens with zero attached hydrogens (tertiary/aromatic N) is 3. The molecule has 2 unspecified atom stereocenters. The SMILES string of the molecule is CCN1CCCC1CNC(N)=NCC1CCN(c2ccc(Br)cc2)C1.I. The van der Waals surface area contributed by atoms with E-state index >= 15 is 0 Å². The summed E-state index contributed by atoms with van der Waals surface area (Å²) in [6, 6.07) is 9.16. The predicted octanol–water partition coefficient (Wildman–Crippen LogP) is 3.28. The van der Waals surface area contributed by atoms with Crippen molar-refractivity contribution >= 4 is 51.6 Å². The lowest BCUT2D eigenvalue weighted by molar-refractivity contribution is 0.267. The summed E-state index contributed by atoms with van der Waals surface area (Å²) in [7, 11) is 0. The highest BCUT2D eigenvalue weighted by atomic mass is 127.